The summed E-state index contributed by atoms with van der Waals surface area (Å²) in [6.07, 6.45) is 4.58. The lowest BCUT2D eigenvalue weighted by atomic mass is 10.2. The second-order valence-corrected chi connectivity index (χ2v) is 4.75. The molecular weight excluding hydrogens is 259 g/mol. The molecule has 108 valence electrons. The van der Waals surface area contributed by atoms with Gasteiger partial charge in [-0.2, -0.15) is 5.10 Å². The minimum Gasteiger partial charge on any atom is -0.435 e. The van der Waals surface area contributed by atoms with Crippen LogP contribution in [0.3, 0.4) is 0 Å². The summed E-state index contributed by atoms with van der Waals surface area (Å²) in [5.74, 6) is 0.620. The molecule has 0 unspecified atom stereocenters. The number of pyridine rings is 1. The molecule has 1 N–H and O–H groups in total. The van der Waals surface area contributed by atoms with Gasteiger partial charge in [-0.1, -0.05) is 6.92 Å². The smallest absolute Gasteiger partial charge is 0.224 e. The largest absolute Gasteiger partial charge is 0.435 e. The molecule has 20 heavy (non-hydrogen) atoms. The first-order valence-electron chi connectivity index (χ1n) is 6.67. The zero-order valence-electron chi connectivity index (χ0n) is 11.9. The van der Waals surface area contributed by atoms with E-state index in [0.717, 1.165) is 12.7 Å². The van der Waals surface area contributed by atoms with Gasteiger partial charge in [0, 0.05) is 18.2 Å². The monoisotopic (exact) mass is 278 g/mol. The van der Waals surface area contributed by atoms with Crippen LogP contribution in [0.1, 0.15) is 32.4 Å². The van der Waals surface area contributed by atoms with Crippen LogP contribution < -0.4 is 10.1 Å². The van der Waals surface area contributed by atoms with Crippen LogP contribution in [0.25, 0.3) is 0 Å². The SMILES string of the molecule is CCNCc1cc(F)cnc1Oc1cnn(C(C)C)c1. The van der Waals surface area contributed by atoms with Crippen molar-refractivity contribution in [2.75, 3.05) is 6.54 Å². The molecule has 0 aliphatic carbocycles. The van der Waals surface area contributed by atoms with Gasteiger partial charge in [0.05, 0.1) is 18.6 Å². The molecule has 0 atom stereocenters. The summed E-state index contributed by atoms with van der Waals surface area (Å²) in [7, 11) is 0. The first kappa shape index (κ1) is 14.5. The first-order chi connectivity index (χ1) is 9.60. The average molecular weight is 278 g/mol. The van der Waals surface area contributed by atoms with Gasteiger partial charge in [0.1, 0.15) is 5.82 Å². The Hall–Kier alpha value is -1.95. The number of hydrogen-bond acceptors (Lipinski definition) is 4. The van der Waals surface area contributed by atoms with Gasteiger partial charge in [0.25, 0.3) is 0 Å². The van der Waals surface area contributed by atoms with E-state index in [4.69, 9.17) is 4.74 Å². The lowest BCUT2D eigenvalue weighted by Crippen LogP contribution is -2.13. The molecule has 2 aromatic rings. The number of aromatic nitrogens is 3. The van der Waals surface area contributed by atoms with Crippen LogP contribution in [-0.4, -0.2) is 21.3 Å². The second kappa shape index (κ2) is 6.47. The summed E-state index contributed by atoms with van der Waals surface area (Å²) in [4.78, 5) is 4.01. The van der Waals surface area contributed by atoms with Gasteiger partial charge in [0.2, 0.25) is 5.88 Å². The number of ether oxygens (including phenoxy) is 1. The fourth-order valence-electron chi connectivity index (χ4n) is 1.71. The molecule has 0 radical (unpaired) electrons. The van der Waals surface area contributed by atoms with E-state index in [-0.39, 0.29) is 11.9 Å². The molecule has 0 fully saturated rings. The Morgan fingerprint density at radius 2 is 2.20 bits per heavy atom. The number of nitrogens with zero attached hydrogens (tertiary/aromatic N) is 3. The van der Waals surface area contributed by atoms with Crippen LogP contribution in [-0.2, 0) is 6.54 Å². The third-order valence-corrected chi connectivity index (χ3v) is 2.78. The van der Waals surface area contributed by atoms with Crippen molar-refractivity contribution >= 4 is 0 Å². The molecule has 0 spiro atoms. The molecule has 2 heterocycles. The molecule has 0 saturated heterocycles. The quantitative estimate of drug-likeness (QED) is 0.882. The van der Waals surface area contributed by atoms with Gasteiger partial charge in [-0.15, -0.1) is 0 Å². The molecule has 0 bridgehead atoms. The van der Waals surface area contributed by atoms with Crippen molar-refractivity contribution < 1.29 is 9.13 Å². The number of rotatable bonds is 6. The van der Waals surface area contributed by atoms with Gasteiger partial charge in [-0.3, -0.25) is 4.68 Å². The summed E-state index contributed by atoms with van der Waals surface area (Å²) in [5, 5.41) is 7.33. The van der Waals surface area contributed by atoms with E-state index in [1.807, 2.05) is 20.8 Å². The molecule has 0 aliphatic rings. The van der Waals surface area contributed by atoms with Crippen LogP contribution in [0, 0.1) is 5.82 Å². The summed E-state index contributed by atoms with van der Waals surface area (Å²) in [6.45, 7) is 7.35. The van der Waals surface area contributed by atoms with Gasteiger partial charge < -0.3 is 10.1 Å². The third-order valence-electron chi connectivity index (χ3n) is 2.78. The third kappa shape index (κ3) is 3.54. The number of halogens is 1. The maximum absolute atomic E-state index is 13.3. The minimum absolute atomic E-state index is 0.259. The summed E-state index contributed by atoms with van der Waals surface area (Å²) < 4.78 is 20.7. The van der Waals surface area contributed by atoms with Crippen LogP contribution in [0.15, 0.2) is 24.7 Å². The van der Waals surface area contributed by atoms with Crippen LogP contribution in [0.5, 0.6) is 11.6 Å². The Bertz CT molecular complexity index is 568. The molecular formula is C14H19FN4O. The summed E-state index contributed by atoms with van der Waals surface area (Å²) >= 11 is 0. The molecule has 0 saturated carbocycles. The number of nitrogens with one attached hydrogen (secondary N) is 1. The normalized spacial score (nSPS) is 11.1. The fraction of sp³-hybridized carbons (Fsp3) is 0.429. The van der Waals surface area contributed by atoms with E-state index in [9.17, 15) is 4.39 Å². The second-order valence-electron chi connectivity index (χ2n) is 4.75. The Labute approximate surface area is 117 Å². The van der Waals surface area contributed by atoms with Crippen LogP contribution >= 0.6 is 0 Å². The highest BCUT2D eigenvalue weighted by Gasteiger charge is 2.10. The standard InChI is InChI=1S/C14H19FN4O/c1-4-16-6-11-5-12(15)7-17-14(11)20-13-8-18-19(9-13)10(2)3/h5,7-10,16H,4,6H2,1-3H3. The molecule has 2 aromatic heterocycles. The van der Waals surface area contributed by atoms with Crippen molar-refractivity contribution in [2.45, 2.75) is 33.4 Å². The summed E-state index contributed by atoms with van der Waals surface area (Å²) in [5.41, 5.74) is 0.684. The van der Waals surface area contributed by atoms with Crippen molar-refractivity contribution in [3.05, 3.63) is 36.0 Å². The predicted molar refractivity (Wildman–Crippen MR) is 74.3 cm³/mol. The Balaban J connectivity index is 2.18. The van der Waals surface area contributed by atoms with Crippen LogP contribution in [0.2, 0.25) is 0 Å². The maximum atomic E-state index is 13.3. The van der Waals surface area contributed by atoms with Gasteiger partial charge in [0.15, 0.2) is 5.75 Å². The zero-order chi connectivity index (χ0) is 14.5. The Kier molecular flexibility index (Phi) is 4.68. The highest BCUT2D eigenvalue weighted by atomic mass is 19.1. The molecule has 0 amide bonds. The van der Waals surface area contributed by atoms with Crippen molar-refractivity contribution in [3.63, 3.8) is 0 Å². The average Bonchev–Trinajstić information content (AvgIpc) is 2.88. The zero-order valence-corrected chi connectivity index (χ0v) is 11.9. The molecule has 0 aliphatic heterocycles. The first-order valence-corrected chi connectivity index (χ1v) is 6.67. The van der Waals surface area contributed by atoms with E-state index in [0.29, 0.717) is 23.7 Å². The predicted octanol–water partition coefficient (Wildman–Crippen LogP) is 2.90. The lowest BCUT2D eigenvalue weighted by Gasteiger charge is -2.09. The molecule has 0 aromatic carbocycles. The molecule has 2 rings (SSSR count). The van der Waals surface area contributed by atoms with Gasteiger partial charge >= 0.3 is 0 Å². The summed E-state index contributed by atoms with van der Waals surface area (Å²) in [6, 6.07) is 1.69. The Morgan fingerprint density at radius 1 is 1.40 bits per heavy atom. The molecule has 5 nitrogen and oxygen atoms in total. The Morgan fingerprint density at radius 3 is 2.85 bits per heavy atom. The van der Waals surface area contributed by atoms with E-state index >= 15 is 0 Å². The van der Waals surface area contributed by atoms with Crippen molar-refractivity contribution in [1.29, 1.82) is 0 Å². The minimum atomic E-state index is -0.372. The highest BCUT2D eigenvalue weighted by molar-refractivity contribution is 5.30. The van der Waals surface area contributed by atoms with E-state index < -0.39 is 0 Å². The van der Waals surface area contributed by atoms with Crippen molar-refractivity contribution in [1.82, 2.24) is 20.1 Å². The topological polar surface area (TPSA) is 52.0 Å². The van der Waals surface area contributed by atoms with Gasteiger partial charge in [-0.05, 0) is 26.5 Å². The maximum Gasteiger partial charge on any atom is 0.224 e. The van der Waals surface area contributed by atoms with E-state index in [1.54, 1.807) is 17.1 Å². The van der Waals surface area contributed by atoms with E-state index in [1.165, 1.54) is 6.07 Å². The lowest BCUT2D eigenvalue weighted by molar-refractivity contribution is 0.446. The number of hydrogen-bond donors (Lipinski definition) is 1. The van der Waals surface area contributed by atoms with E-state index in [2.05, 4.69) is 15.4 Å². The van der Waals surface area contributed by atoms with Crippen molar-refractivity contribution in [2.24, 2.45) is 0 Å². The fourth-order valence-corrected chi connectivity index (χ4v) is 1.71. The van der Waals surface area contributed by atoms with Crippen molar-refractivity contribution in [3.8, 4) is 11.6 Å². The van der Waals surface area contributed by atoms with Crippen LogP contribution in [0.4, 0.5) is 4.39 Å². The highest BCUT2D eigenvalue weighted by Crippen LogP contribution is 2.24. The molecule has 6 heteroatoms. The van der Waals surface area contributed by atoms with Gasteiger partial charge in [-0.25, -0.2) is 9.37 Å².